The number of amides is 1. The lowest BCUT2D eigenvalue weighted by atomic mass is 10.0. The van der Waals surface area contributed by atoms with Crippen molar-refractivity contribution in [2.24, 2.45) is 11.7 Å². The van der Waals surface area contributed by atoms with Crippen LogP contribution in [0.4, 0.5) is 0 Å². The van der Waals surface area contributed by atoms with E-state index in [1.54, 1.807) is 0 Å². The standard InChI is InChI=1S/C15H22N2O/c1-2-6-12-9-14(12)17-15(18)10-13(16)11-7-4-3-5-8-11/h3-5,7-8,12-14H,2,6,9-10,16H2,1H3,(H,17,18). The fourth-order valence-corrected chi connectivity index (χ4v) is 2.40. The SMILES string of the molecule is CCCC1CC1NC(=O)CC(N)c1ccccc1. The zero-order valence-electron chi connectivity index (χ0n) is 10.9. The molecule has 1 amide bonds. The number of nitrogens with one attached hydrogen (secondary N) is 1. The van der Waals surface area contributed by atoms with Crippen LogP contribution < -0.4 is 11.1 Å². The van der Waals surface area contributed by atoms with Crippen LogP contribution in [0.2, 0.25) is 0 Å². The van der Waals surface area contributed by atoms with Crippen molar-refractivity contribution in [1.29, 1.82) is 0 Å². The van der Waals surface area contributed by atoms with Gasteiger partial charge < -0.3 is 11.1 Å². The van der Waals surface area contributed by atoms with E-state index < -0.39 is 0 Å². The maximum atomic E-state index is 11.8. The number of nitrogens with two attached hydrogens (primary N) is 1. The van der Waals surface area contributed by atoms with Gasteiger partial charge in [-0.25, -0.2) is 0 Å². The summed E-state index contributed by atoms with van der Waals surface area (Å²) < 4.78 is 0. The van der Waals surface area contributed by atoms with Gasteiger partial charge in [0.2, 0.25) is 5.91 Å². The van der Waals surface area contributed by atoms with Crippen LogP contribution in [-0.2, 0) is 4.79 Å². The second-order valence-corrected chi connectivity index (χ2v) is 5.18. The van der Waals surface area contributed by atoms with Gasteiger partial charge in [0.15, 0.2) is 0 Å². The van der Waals surface area contributed by atoms with E-state index in [1.807, 2.05) is 30.3 Å². The van der Waals surface area contributed by atoms with Gasteiger partial charge in [-0.15, -0.1) is 0 Å². The number of hydrogen-bond acceptors (Lipinski definition) is 2. The van der Waals surface area contributed by atoms with E-state index in [1.165, 1.54) is 12.8 Å². The minimum atomic E-state index is -0.199. The molecule has 3 atom stereocenters. The highest BCUT2D eigenvalue weighted by Gasteiger charge is 2.37. The third-order valence-electron chi connectivity index (χ3n) is 3.56. The summed E-state index contributed by atoms with van der Waals surface area (Å²) in [5.41, 5.74) is 7.05. The van der Waals surface area contributed by atoms with Crippen LogP contribution in [0.15, 0.2) is 30.3 Å². The average molecular weight is 246 g/mol. The van der Waals surface area contributed by atoms with Gasteiger partial charge >= 0.3 is 0 Å². The Labute approximate surface area is 109 Å². The molecule has 1 aliphatic rings. The molecule has 0 heterocycles. The third kappa shape index (κ3) is 3.57. The first-order valence-electron chi connectivity index (χ1n) is 6.80. The van der Waals surface area contributed by atoms with Crippen molar-refractivity contribution < 1.29 is 4.79 Å². The maximum Gasteiger partial charge on any atom is 0.222 e. The minimum Gasteiger partial charge on any atom is -0.353 e. The van der Waals surface area contributed by atoms with Crippen molar-refractivity contribution in [2.45, 2.75) is 44.7 Å². The predicted molar refractivity (Wildman–Crippen MR) is 72.9 cm³/mol. The van der Waals surface area contributed by atoms with Crippen molar-refractivity contribution in [3.8, 4) is 0 Å². The fourth-order valence-electron chi connectivity index (χ4n) is 2.40. The molecule has 1 aliphatic carbocycles. The summed E-state index contributed by atoms with van der Waals surface area (Å²) in [6.07, 6.45) is 3.93. The summed E-state index contributed by atoms with van der Waals surface area (Å²) in [7, 11) is 0. The summed E-state index contributed by atoms with van der Waals surface area (Å²) in [5, 5.41) is 3.07. The topological polar surface area (TPSA) is 55.1 Å². The van der Waals surface area contributed by atoms with E-state index in [9.17, 15) is 4.79 Å². The first-order chi connectivity index (χ1) is 8.70. The van der Waals surface area contributed by atoms with Gasteiger partial charge in [-0.2, -0.15) is 0 Å². The van der Waals surface area contributed by atoms with Crippen molar-refractivity contribution in [3.63, 3.8) is 0 Å². The van der Waals surface area contributed by atoms with Crippen molar-refractivity contribution in [1.82, 2.24) is 5.32 Å². The van der Waals surface area contributed by atoms with Crippen LogP contribution in [0, 0.1) is 5.92 Å². The molecule has 98 valence electrons. The lowest BCUT2D eigenvalue weighted by molar-refractivity contribution is -0.121. The van der Waals surface area contributed by atoms with E-state index in [0.29, 0.717) is 18.4 Å². The Kier molecular flexibility index (Phi) is 4.37. The smallest absolute Gasteiger partial charge is 0.222 e. The molecule has 1 fully saturated rings. The van der Waals surface area contributed by atoms with Crippen LogP contribution in [0.25, 0.3) is 0 Å². The number of carbonyl (C=O) groups excluding carboxylic acids is 1. The molecule has 0 spiro atoms. The Morgan fingerprint density at radius 2 is 2.17 bits per heavy atom. The summed E-state index contributed by atoms with van der Waals surface area (Å²) >= 11 is 0. The molecular weight excluding hydrogens is 224 g/mol. The Hall–Kier alpha value is -1.35. The summed E-state index contributed by atoms with van der Waals surface area (Å²) in [6, 6.07) is 9.99. The molecule has 0 bridgehead atoms. The van der Waals surface area contributed by atoms with Crippen molar-refractivity contribution in [2.75, 3.05) is 0 Å². The lowest BCUT2D eigenvalue weighted by Crippen LogP contribution is -2.30. The van der Waals surface area contributed by atoms with Crippen LogP contribution >= 0.6 is 0 Å². The summed E-state index contributed by atoms with van der Waals surface area (Å²) in [4.78, 5) is 11.8. The molecule has 0 saturated heterocycles. The van der Waals surface area contributed by atoms with E-state index >= 15 is 0 Å². The molecule has 0 aliphatic heterocycles. The first kappa shape index (κ1) is 13.1. The second kappa shape index (κ2) is 6.01. The zero-order valence-corrected chi connectivity index (χ0v) is 10.9. The van der Waals surface area contributed by atoms with Gasteiger partial charge in [0.05, 0.1) is 0 Å². The zero-order chi connectivity index (χ0) is 13.0. The summed E-state index contributed by atoms with van der Waals surface area (Å²) in [5.74, 6) is 0.779. The lowest BCUT2D eigenvalue weighted by Gasteiger charge is -2.12. The minimum absolute atomic E-state index is 0.0787. The largest absolute Gasteiger partial charge is 0.353 e. The molecule has 0 radical (unpaired) electrons. The van der Waals surface area contributed by atoms with Gasteiger partial charge in [-0.1, -0.05) is 43.7 Å². The molecule has 1 aromatic rings. The van der Waals surface area contributed by atoms with Crippen molar-refractivity contribution in [3.05, 3.63) is 35.9 Å². The molecule has 18 heavy (non-hydrogen) atoms. The van der Waals surface area contributed by atoms with Gasteiger partial charge in [-0.3, -0.25) is 4.79 Å². The highest BCUT2D eigenvalue weighted by Crippen LogP contribution is 2.34. The van der Waals surface area contributed by atoms with Gasteiger partial charge in [0, 0.05) is 18.5 Å². The first-order valence-corrected chi connectivity index (χ1v) is 6.80. The normalized spacial score (nSPS) is 23.4. The highest BCUT2D eigenvalue weighted by atomic mass is 16.1. The number of hydrogen-bond donors (Lipinski definition) is 2. The predicted octanol–water partition coefficient (Wildman–Crippen LogP) is 2.38. The number of rotatable bonds is 6. The quantitative estimate of drug-likeness (QED) is 0.809. The molecule has 1 saturated carbocycles. The second-order valence-electron chi connectivity index (χ2n) is 5.18. The van der Waals surface area contributed by atoms with Crippen molar-refractivity contribution >= 4 is 5.91 Å². The third-order valence-corrected chi connectivity index (χ3v) is 3.56. The molecule has 0 aromatic heterocycles. The number of carbonyl (C=O) groups is 1. The van der Waals surface area contributed by atoms with Crippen LogP contribution in [0.1, 0.15) is 44.2 Å². The molecule has 3 unspecified atom stereocenters. The molecule has 3 nitrogen and oxygen atoms in total. The van der Waals surface area contributed by atoms with E-state index in [2.05, 4.69) is 12.2 Å². The number of benzene rings is 1. The Bertz CT molecular complexity index is 391. The average Bonchev–Trinajstić information content (AvgIpc) is 3.08. The van der Waals surface area contributed by atoms with Crippen LogP contribution in [0.3, 0.4) is 0 Å². The molecule has 3 N–H and O–H groups in total. The highest BCUT2D eigenvalue weighted by molar-refractivity contribution is 5.77. The van der Waals surface area contributed by atoms with Crippen LogP contribution in [0.5, 0.6) is 0 Å². The maximum absolute atomic E-state index is 11.8. The van der Waals surface area contributed by atoms with Gasteiger partial charge in [-0.05, 0) is 24.3 Å². The van der Waals surface area contributed by atoms with Gasteiger partial charge in [0.25, 0.3) is 0 Å². The summed E-state index contributed by atoms with van der Waals surface area (Å²) in [6.45, 7) is 2.18. The Balaban J connectivity index is 1.75. The Morgan fingerprint density at radius 3 is 2.83 bits per heavy atom. The van der Waals surface area contributed by atoms with Crippen LogP contribution in [-0.4, -0.2) is 11.9 Å². The molecular formula is C15H22N2O. The fraction of sp³-hybridized carbons (Fsp3) is 0.533. The Morgan fingerprint density at radius 1 is 1.44 bits per heavy atom. The van der Waals surface area contributed by atoms with Gasteiger partial charge in [0.1, 0.15) is 0 Å². The van der Waals surface area contributed by atoms with E-state index in [4.69, 9.17) is 5.73 Å². The molecule has 1 aromatic carbocycles. The molecule has 3 heteroatoms. The van der Waals surface area contributed by atoms with E-state index in [-0.39, 0.29) is 11.9 Å². The molecule has 2 rings (SSSR count). The monoisotopic (exact) mass is 246 g/mol. The van der Waals surface area contributed by atoms with E-state index in [0.717, 1.165) is 12.0 Å².